The molecule has 0 fully saturated rings. The predicted octanol–water partition coefficient (Wildman–Crippen LogP) is 4.24. The van der Waals surface area contributed by atoms with E-state index in [9.17, 15) is 4.79 Å². The highest BCUT2D eigenvalue weighted by molar-refractivity contribution is 5.92. The molecule has 6 heteroatoms. The van der Waals surface area contributed by atoms with Gasteiger partial charge < -0.3 is 9.32 Å². The number of hydrogen-bond acceptors (Lipinski definition) is 4. The van der Waals surface area contributed by atoms with Crippen molar-refractivity contribution in [2.45, 2.75) is 39.7 Å². The van der Waals surface area contributed by atoms with Gasteiger partial charge >= 0.3 is 0 Å². The lowest BCUT2D eigenvalue weighted by Crippen LogP contribution is -2.29. The van der Waals surface area contributed by atoms with Crippen molar-refractivity contribution < 1.29 is 9.21 Å². The average molecular weight is 376 g/mol. The van der Waals surface area contributed by atoms with E-state index in [1.807, 2.05) is 68.7 Å². The van der Waals surface area contributed by atoms with Crippen LogP contribution >= 0.6 is 0 Å². The minimum absolute atomic E-state index is 0.0772. The lowest BCUT2D eigenvalue weighted by molar-refractivity contribution is -0.132. The first-order valence-corrected chi connectivity index (χ1v) is 9.50. The number of carbonyl (C=O) groups excluding carboxylic acids is 1. The van der Waals surface area contributed by atoms with Crippen molar-refractivity contribution in [2.75, 3.05) is 7.05 Å². The second-order valence-corrected chi connectivity index (χ2v) is 7.21. The molecule has 6 nitrogen and oxygen atoms in total. The third-order valence-electron chi connectivity index (χ3n) is 5.54. The van der Waals surface area contributed by atoms with Gasteiger partial charge in [0.1, 0.15) is 5.76 Å². The normalized spacial score (nSPS) is 12.6. The zero-order chi connectivity index (χ0) is 19.8. The maximum atomic E-state index is 12.7. The molecule has 4 rings (SSSR count). The van der Waals surface area contributed by atoms with Gasteiger partial charge in [0.05, 0.1) is 17.8 Å². The molecule has 1 amide bonds. The number of aromatic nitrogens is 3. The molecular weight excluding hydrogens is 352 g/mol. The van der Waals surface area contributed by atoms with Gasteiger partial charge in [-0.2, -0.15) is 5.10 Å². The van der Waals surface area contributed by atoms with Gasteiger partial charge in [-0.3, -0.25) is 4.79 Å². The van der Waals surface area contributed by atoms with Crippen LogP contribution in [0.15, 0.2) is 47.1 Å². The number of furan rings is 1. The molecule has 3 heterocycles. The topological polar surface area (TPSA) is 63.6 Å². The van der Waals surface area contributed by atoms with Crippen LogP contribution in [0.25, 0.3) is 16.6 Å². The summed E-state index contributed by atoms with van der Waals surface area (Å²) >= 11 is 0. The molecule has 0 bridgehead atoms. The van der Waals surface area contributed by atoms with E-state index in [1.165, 1.54) is 0 Å². The lowest BCUT2D eigenvalue weighted by Gasteiger charge is -2.23. The molecule has 0 N–H and O–H groups in total. The van der Waals surface area contributed by atoms with Gasteiger partial charge in [-0.1, -0.05) is 12.1 Å². The molecule has 1 aromatic carbocycles. The molecule has 1 atom stereocenters. The average Bonchev–Trinajstić information content (AvgIpc) is 3.35. The third-order valence-corrected chi connectivity index (χ3v) is 5.54. The van der Waals surface area contributed by atoms with Crippen LogP contribution in [-0.2, 0) is 11.2 Å². The number of amides is 1. The molecular formula is C22H24N4O2. The third kappa shape index (κ3) is 3.05. The van der Waals surface area contributed by atoms with Crippen molar-refractivity contribution in [1.82, 2.24) is 19.5 Å². The molecule has 28 heavy (non-hydrogen) atoms. The standard InChI is InChI=1S/C22H24N4O2/c1-14-17(11-12-21(27)25(4)16(3)20-10-7-13-28-20)15(2)26-22(23-14)18-8-5-6-9-19(18)24-26/h5-10,13,16H,11-12H2,1-4H3. The summed E-state index contributed by atoms with van der Waals surface area (Å²) in [4.78, 5) is 19.2. The quantitative estimate of drug-likeness (QED) is 0.522. The minimum Gasteiger partial charge on any atom is -0.467 e. The number of fused-ring (bicyclic) bond motifs is 3. The zero-order valence-corrected chi connectivity index (χ0v) is 16.6. The molecule has 0 aliphatic carbocycles. The van der Waals surface area contributed by atoms with Crippen LogP contribution in [0.1, 0.15) is 42.1 Å². The van der Waals surface area contributed by atoms with Crippen LogP contribution in [-0.4, -0.2) is 32.5 Å². The summed E-state index contributed by atoms with van der Waals surface area (Å²) in [5, 5.41) is 5.73. The van der Waals surface area contributed by atoms with Gasteiger partial charge in [0.2, 0.25) is 5.91 Å². The Bertz CT molecular complexity index is 1140. The summed E-state index contributed by atoms with van der Waals surface area (Å²) in [5.41, 5.74) is 4.85. The van der Waals surface area contributed by atoms with Gasteiger partial charge in [-0.05, 0) is 57.0 Å². The number of benzene rings is 1. The summed E-state index contributed by atoms with van der Waals surface area (Å²) in [6, 6.07) is 11.6. The predicted molar refractivity (Wildman–Crippen MR) is 108 cm³/mol. The SMILES string of the molecule is Cc1nc2c3ccccc3nn2c(C)c1CCC(=O)N(C)C(C)c1ccco1. The zero-order valence-electron chi connectivity index (χ0n) is 16.6. The summed E-state index contributed by atoms with van der Waals surface area (Å²) in [5.74, 6) is 0.864. The molecule has 0 radical (unpaired) electrons. The molecule has 3 aromatic heterocycles. The Hall–Kier alpha value is -3.15. The summed E-state index contributed by atoms with van der Waals surface area (Å²) in [7, 11) is 1.82. The maximum absolute atomic E-state index is 12.7. The molecule has 0 aliphatic rings. The van der Waals surface area contributed by atoms with Crippen molar-refractivity contribution in [3.8, 4) is 0 Å². The number of nitrogens with zero attached hydrogens (tertiary/aromatic N) is 4. The maximum Gasteiger partial charge on any atom is 0.223 e. The Labute approximate surface area is 163 Å². The minimum atomic E-state index is -0.0956. The molecule has 4 aromatic rings. The van der Waals surface area contributed by atoms with Crippen LogP contribution < -0.4 is 0 Å². The van der Waals surface area contributed by atoms with E-state index < -0.39 is 0 Å². The van der Waals surface area contributed by atoms with Gasteiger partial charge in [-0.25, -0.2) is 9.50 Å². The fraction of sp³-hybridized carbons (Fsp3) is 0.318. The van der Waals surface area contributed by atoms with Crippen LogP contribution in [0.3, 0.4) is 0 Å². The Morgan fingerprint density at radius 1 is 1.21 bits per heavy atom. The largest absolute Gasteiger partial charge is 0.467 e. The highest BCUT2D eigenvalue weighted by Crippen LogP contribution is 2.24. The summed E-state index contributed by atoms with van der Waals surface area (Å²) in [6.45, 7) is 6.02. The fourth-order valence-electron chi connectivity index (χ4n) is 3.68. The Morgan fingerprint density at radius 3 is 2.75 bits per heavy atom. The first kappa shape index (κ1) is 18.2. The van der Waals surface area contributed by atoms with Crippen LogP contribution in [0.2, 0.25) is 0 Å². The highest BCUT2D eigenvalue weighted by atomic mass is 16.3. The van der Waals surface area contributed by atoms with Crippen molar-refractivity contribution in [2.24, 2.45) is 0 Å². The van der Waals surface area contributed by atoms with E-state index in [1.54, 1.807) is 11.2 Å². The number of aryl methyl sites for hydroxylation is 2. The van der Waals surface area contributed by atoms with Gasteiger partial charge in [0, 0.05) is 30.2 Å². The number of carbonyl (C=O) groups is 1. The molecule has 0 saturated heterocycles. The second kappa shape index (κ2) is 7.11. The first-order valence-electron chi connectivity index (χ1n) is 9.50. The van der Waals surface area contributed by atoms with E-state index >= 15 is 0 Å². The van der Waals surface area contributed by atoms with E-state index in [0.717, 1.165) is 39.3 Å². The fourth-order valence-corrected chi connectivity index (χ4v) is 3.68. The summed E-state index contributed by atoms with van der Waals surface area (Å²) < 4.78 is 7.32. The highest BCUT2D eigenvalue weighted by Gasteiger charge is 2.21. The van der Waals surface area contributed by atoms with Crippen molar-refractivity contribution in [3.05, 3.63) is 65.4 Å². The summed E-state index contributed by atoms with van der Waals surface area (Å²) in [6.07, 6.45) is 2.67. The van der Waals surface area contributed by atoms with Gasteiger partial charge in [0.25, 0.3) is 0 Å². The molecule has 0 spiro atoms. The van der Waals surface area contributed by atoms with E-state index in [0.29, 0.717) is 12.8 Å². The van der Waals surface area contributed by atoms with Crippen LogP contribution in [0.4, 0.5) is 0 Å². The van der Waals surface area contributed by atoms with Crippen molar-refractivity contribution >= 4 is 22.5 Å². The van der Waals surface area contributed by atoms with Crippen molar-refractivity contribution in [3.63, 3.8) is 0 Å². The molecule has 0 aliphatic heterocycles. The van der Waals surface area contributed by atoms with Crippen LogP contribution in [0.5, 0.6) is 0 Å². The first-order chi connectivity index (χ1) is 13.5. The van der Waals surface area contributed by atoms with Gasteiger partial charge in [0.15, 0.2) is 5.65 Å². The monoisotopic (exact) mass is 376 g/mol. The second-order valence-electron chi connectivity index (χ2n) is 7.21. The van der Waals surface area contributed by atoms with E-state index in [-0.39, 0.29) is 11.9 Å². The molecule has 144 valence electrons. The van der Waals surface area contributed by atoms with Crippen molar-refractivity contribution in [1.29, 1.82) is 0 Å². The number of hydrogen-bond donors (Lipinski definition) is 0. The Kier molecular flexibility index (Phi) is 4.63. The van der Waals surface area contributed by atoms with E-state index in [4.69, 9.17) is 9.40 Å². The Balaban J connectivity index is 1.58. The van der Waals surface area contributed by atoms with E-state index in [2.05, 4.69) is 5.10 Å². The lowest BCUT2D eigenvalue weighted by atomic mass is 10.1. The molecule has 0 saturated carbocycles. The smallest absolute Gasteiger partial charge is 0.223 e. The van der Waals surface area contributed by atoms with Gasteiger partial charge in [-0.15, -0.1) is 0 Å². The van der Waals surface area contributed by atoms with Crippen LogP contribution in [0, 0.1) is 13.8 Å². The molecule has 1 unspecified atom stereocenters. The number of rotatable bonds is 5. The Morgan fingerprint density at radius 2 is 2.00 bits per heavy atom.